The third-order valence-electron chi connectivity index (χ3n) is 3.62. The van der Waals surface area contributed by atoms with Gasteiger partial charge in [-0.25, -0.2) is 0 Å². The van der Waals surface area contributed by atoms with E-state index in [0.29, 0.717) is 17.1 Å². The summed E-state index contributed by atoms with van der Waals surface area (Å²) in [6.07, 6.45) is 1.66. The number of carbonyl (C=O) groups excluding carboxylic acids is 1. The van der Waals surface area contributed by atoms with Gasteiger partial charge in [0, 0.05) is 22.7 Å². The van der Waals surface area contributed by atoms with Crippen molar-refractivity contribution in [1.82, 2.24) is 4.98 Å². The number of benzene rings is 1. The predicted octanol–water partition coefficient (Wildman–Crippen LogP) is 2.87. The molecule has 1 aliphatic heterocycles. The molecular weight excluding hydrogens is 374 g/mol. The number of hydrogen-bond acceptors (Lipinski definition) is 4. The molecule has 0 bridgehead atoms. The van der Waals surface area contributed by atoms with Gasteiger partial charge in [-0.05, 0) is 36.8 Å². The van der Waals surface area contributed by atoms with E-state index >= 15 is 0 Å². The van der Waals surface area contributed by atoms with Gasteiger partial charge in [-0.15, -0.1) is 0 Å². The smallest absolute Gasteiger partial charge is 0.303 e. The molecule has 1 aliphatic rings. The van der Waals surface area contributed by atoms with Gasteiger partial charge in [-0.2, -0.15) is 0 Å². The molecule has 2 N–H and O–H groups in total. The summed E-state index contributed by atoms with van der Waals surface area (Å²) < 4.78 is 0.850. The van der Waals surface area contributed by atoms with E-state index < -0.39 is 12.0 Å². The minimum absolute atomic E-state index is 0.128. The monoisotopic (exact) mass is 387 g/mol. The van der Waals surface area contributed by atoms with Crippen LogP contribution in [0.25, 0.3) is 0 Å². The Morgan fingerprint density at radius 2 is 2.12 bits per heavy atom. The number of hydrogen-bond donors (Lipinski definition) is 2. The Kier molecular flexibility index (Phi) is 4.71. The van der Waals surface area contributed by atoms with Crippen molar-refractivity contribution >= 4 is 39.2 Å². The van der Waals surface area contributed by atoms with Crippen LogP contribution in [0.5, 0.6) is 0 Å². The first-order chi connectivity index (χ1) is 11.5. The zero-order valence-corrected chi connectivity index (χ0v) is 14.2. The summed E-state index contributed by atoms with van der Waals surface area (Å²) >= 11 is 3.43. The summed E-state index contributed by atoms with van der Waals surface area (Å²) in [7, 11) is 0. The first kappa shape index (κ1) is 16.3. The van der Waals surface area contributed by atoms with Gasteiger partial charge < -0.3 is 10.4 Å². The zero-order chi connectivity index (χ0) is 17.1. The van der Waals surface area contributed by atoms with Crippen molar-refractivity contribution in [2.75, 3.05) is 5.32 Å². The van der Waals surface area contributed by atoms with E-state index in [9.17, 15) is 9.59 Å². The van der Waals surface area contributed by atoms with Crippen molar-refractivity contribution in [3.8, 4) is 0 Å². The summed E-state index contributed by atoms with van der Waals surface area (Å²) in [5.41, 5.74) is 2.58. The molecule has 0 spiro atoms. The van der Waals surface area contributed by atoms with Crippen LogP contribution in [-0.4, -0.2) is 33.7 Å². The number of carbonyl (C=O) groups is 2. The van der Waals surface area contributed by atoms with Crippen LogP contribution in [0.1, 0.15) is 24.1 Å². The number of halogens is 1. The summed E-state index contributed by atoms with van der Waals surface area (Å²) in [6, 6.07) is 10.2. The van der Waals surface area contributed by atoms with E-state index in [0.717, 1.165) is 10.0 Å². The van der Waals surface area contributed by atoms with Crippen LogP contribution < -0.4 is 5.32 Å². The van der Waals surface area contributed by atoms with E-state index in [2.05, 4.69) is 31.2 Å². The van der Waals surface area contributed by atoms with Gasteiger partial charge >= 0.3 is 5.97 Å². The highest BCUT2D eigenvalue weighted by atomic mass is 79.9. The fraction of sp³-hybridized carbons (Fsp3) is 0.176. The first-order valence-corrected chi connectivity index (χ1v) is 8.15. The molecule has 0 radical (unpaired) electrons. The number of carboxylic acids is 1. The lowest BCUT2D eigenvalue weighted by molar-refractivity contribution is -0.137. The molecule has 2 aromatic rings. The number of fused-ring (bicyclic) bond motifs is 1. The topological polar surface area (TPSA) is 91.7 Å². The van der Waals surface area contributed by atoms with Gasteiger partial charge in [0.2, 0.25) is 5.91 Å². The van der Waals surface area contributed by atoms with Crippen LogP contribution in [0.2, 0.25) is 0 Å². The summed E-state index contributed by atoms with van der Waals surface area (Å²) in [5.74, 6) is -1.27. The molecule has 6 nitrogen and oxygen atoms in total. The normalized spacial score (nSPS) is 16.6. The Hall–Kier alpha value is -2.54. The Bertz CT molecular complexity index is 821. The lowest BCUT2D eigenvalue weighted by Crippen LogP contribution is -2.26. The van der Waals surface area contributed by atoms with E-state index in [4.69, 9.17) is 5.11 Å². The van der Waals surface area contributed by atoms with E-state index in [-0.39, 0.29) is 18.7 Å². The number of pyridine rings is 1. The van der Waals surface area contributed by atoms with E-state index in [1.54, 1.807) is 18.3 Å². The first-order valence-electron chi connectivity index (χ1n) is 7.36. The van der Waals surface area contributed by atoms with Gasteiger partial charge in [-0.1, -0.05) is 22.0 Å². The lowest BCUT2D eigenvalue weighted by Gasteiger charge is -2.09. The molecule has 0 unspecified atom stereocenters. The van der Waals surface area contributed by atoms with Crippen molar-refractivity contribution in [1.29, 1.82) is 0 Å². The van der Waals surface area contributed by atoms with E-state index in [1.807, 2.05) is 24.3 Å². The maximum Gasteiger partial charge on any atom is 0.303 e. The lowest BCUT2D eigenvalue weighted by atomic mass is 10.0. The van der Waals surface area contributed by atoms with Crippen LogP contribution in [0, 0.1) is 0 Å². The molecule has 3 rings (SSSR count). The fourth-order valence-corrected chi connectivity index (χ4v) is 2.85. The van der Waals surface area contributed by atoms with Crippen LogP contribution >= 0.6 is 15.9 Å². The number of aliphatic carboxylic acids is 1. The number of aromatic nitrogens is 1. The molecule has 1 aromatic carbocycles. The highest BCUT2D eigenvalue weighted by molar-refractivity contribution is 9.10. The number of nitrogens with zero attached hydrogens (tertiary/aromatic N) is 2. The second kappa shape index (κ2) is 6.92. The van der Waals surface area contributed by atoms with Crippen molar-refractivity contribution in [2.24, 2.45) is 4.99 Å². The maximum atomic E-state index is 12.4. The van der Waals surface area contributed by atoms with Crippen molar-refractivity contribution in [3.63, 3.8) is 0 Å². The third kappa shape index (κ3) is 3.51. The quantitative estimate of drug-likeness (QED) is 0.843. The van der Waals surface area contributed by atoms with Crippen molar-refractivity contribution < 1.29 is 14.7 Å². The molecule has 7 heteroatoms. The third-order valence-corrected chi connectivity index (χ3v) is 4.11. The number of carboxylic acid groups (broad SMARTS) is 1. The second-order valence-electron chi connectivity index (χ2n) is 5.32. The number of anilines is 1. The Morgan fingerprint density at radius 3 is 2.83 bits per heavy atom. The number of nitrogens with one attached hydrogen (secondary N) is 1. The molecule has 1 atom stereocenters. The van der Waals surface area contributed by atoms with Gasteiger partial charge in [0.15, 0.2) is 0 Å². The fourth-order valence-electron chi connectivity index (χ4n) is 2.48. The number of rotatable bonds is 4. The highest BCUT2D eigenvalue weighted by Crippen LogP contribution is 2.27. The van der Waals surface area contributed by atoms with E-state index in [1.165, 1.54) is 0 Å². The summed E-state index contributed by atoms with van der Waals surface area (Å²) in [5, 5.41) is 11.7. The van der Waals surface area contributed by atoms with Gasteiger partial charge in [0.1, 0.15) is 6.04 Å². The van der Waals surface area contributed by atoms with Gasteiger partial charge in [0.05, 0.1) is 17.1 Å². The summed E-state index contributed by atoms with van der Waals surface area (Å²) in [6.45, 7) is 0. The molecule has 122 valence electrons. The number of aliphatic imine (C=N–C) groups is 1. The number of benzodiazepines with no additional fused rings is 1. The van der Waals surface area contributed by atoms with Crippen molar-refractivity contribution in [3.05, 3.63) is 58.3 Å². The molecule has 0 aliphatic carbocycles. The average molecular weight is 388 g/mol. The van der Waals surface area contributed by atoms with Crippen LogP contribution in [0.4, 0.5) is 5.69 Å². The van der Waals surface area contributed by atoms with Gasteiger partial charge in [-0.3, -0.25) is 19.6 Å². The molecule has 0 saturated carbocycles. The van der Waals surface area contributed by atoms with Crippen LogP contribution in [0.15, 0.2) is 52.1 Å². The minimum Gasteiger partial charge on any atom is -0.481 e. The molecule has 2 heterocycles. The van der Waals surface area contributed by atoms with Gasteiger partial charge in [0.25, 0.3) is 0 Å². The summed E-state index contributed by atoms with van der Waals surface area (Å²) in [4.78, 5) is 32.1. The molecule has 1 amide bonds. The molecule has 1 aromatic heterocycles. The largest absolute Gasteiger partial charge is 0.481 e. The molecule has 0 fully saturated rings. The maximum absolute atomic E-state index is 12.4. The molecule has 0 saturated heterocycles. The molecule has 24 heavy (non-hydrogen) atoms. The standard InChI is InChI=1S/C17H14BrN3O3/c18-10-4-5-12-11(9-10)16(13-3-1-2-8-19-13)20-14(17(24)21-12)6-7-15(22)23/h1-5,8-9,14H,6-7H2,(H,21,24)(H,22,23)/t14-/m1/s1. The van der Waals surface area contributed by atoms with Crippen LogP contribution in [0.3, 0.4) is 0 Å². The minimum atomic E-state index is -0.957. The SMILES string of the molecule is O=C(O)CC[C@H]1N=C(c2ccccn2)c2cc(Br)ccc2NC1=O. The zero-order valence-electron chi connectivity index (χ0n) is 12.6. The van der Waals surface area contributed by atoms with Crippen molar-refractivity contribution in [2.45, 2.75) is 18.9 Å². The highest BCUT2D eigenvalue weighted by Gasteiger charge is 2.26. The Labute approximate surface area is 146 Å². The molecular formula is C17H14BrN3O3. The Morgan fingerprint density at radius 1 is 1.29 bits per heavy atom. The predicted molar refractivity (Wildman–Crippen MR) is 93.3 cm³/mol. The Balaban J connectivity index is 2.10. The second-order valence-corrected chi connectivity index (χ2v) is 6.24. The average Bonchev–Trinajstić information content (AvgIpc) is 2.70. The number of amides is 1. The van der Waals surface area contributed by atoms with Crippen LogP contribution in [-0.2, 0) is 9.59 Å².